The molecular weight excluding hydrogens is 232 g/mol. The van der Waals surface area contributed by atoms with E-state index in [1.54, 1.807) is 0 Å². The van der Waals surface area contributed by atoms with Crippen molar-refractivity contribution in [1.29, 1.82) is 0 Å². The first kappa shape index (κ1) is 12.9. The highest BCUT2D eigenvalue weighted by atomic mass is 35.5. The van der Waals surface area contributed by atoms with Crippen molar-refractivity contribution >= 4 is 11.6 Å². The second kappa shape index (κ2) is 6.39. The number of rotatable bonds is 5. The van der Waals surface area contributed by atoms with E-state index in [-0.39, 0.29) is 6.04 Å². The molecule has 2 nitrogen and oxygen atoms in total. The van der Waals surface area contributed by atoms with E-state index >= 15 is 0 Å². The molecule has 0 aromatic heterocycles. The molecule has 0 amide bonds. The molecule has 0 aliphatic carbocycles. The molecule has 0 spiro atoms. The second-order valence-electron chi connectivity index (χ2n) is 4.93. The van der Waals surface area contributed by atoms with Gasteiger partial charge in [0.05, 0.1) is 0 Å². The lowest BCUT2D eigenvalue weighted by Crippen LogP contribution is -2.30. The predicted octanol–water partition coefficient (Wildman–Crippen LogP) is 2.70. The zero-order valence-corrected chi connectivity index (χ0v) is 11.0. The Bertz CT molecular complexity index is 348. The molecule has 1 aromatic carbocycles. The monoisotopic (exact) mass is 252 g/mol. The molecule has 1 heterocycles. The van der Waals surface area contributed by atoms with Crippen molar-refractivity contribution < 1.29 is 0 Å². The fraction of sp³-hybridized carbons (Fsp3) is 0.571. The average molecular weight is 253 g/mol. The van der Waals surface area contributed by atoms with Crippen molar-refractivity contribution in [3.05, 3.63) is 34.9 Å². The lowest BCUT2D eigenvalue weighted by atomic mass is 10.0. The van der Waals surface area contributed by atoms with Crippen LogP contribution < -0.4 is 5.73 Å². The van der Waals surface area contributed by atoms with Crippen LogP contribution in [0.3, 0.4) is 0 Å². The summed E-state index contributed by atoms with van der Waals surface area (Å²) in [6, 6.07) is 8.25. The molecule has 0 radical (unpaired) electrons. The quantitative estimate of drug-likeness (QED) is 0.873. The van der Waals surface area contributed by atoms with Gasteiger partial charge in [-0.05, 0) is 63.0 Å². The molecule has 1 saturated heterocycles. The van der Waals surface area contributed by atoms with Crippen LogP contribution in [0.15, 0.2) is 24.3 Å². The Morgan fingerprint density at radius 3 is 2.76 bits per heavy atom. The van der Waals surface area contributed by atoms with Crippen molar-refractivity contribution in [2.45, 2.75) is 31.7 Å². The number of nitrogens with zero attached hydrogens (tertiary/aromatic N) is 1. The molecule has 2 N–H and O–H groups in total. The summed E-state index contributed by atoms with van der Waals surface area (Å²) < 4.78 is 0. The largest absolute Gasteiger partial charge is 0.327 e. The Morgan fingerprint density at radius 1 is 1.29 bits per heavy atom. The Hall–Kier alpha value is -0.570. The normalized spacial score (nSPS) is 18.5. The van der Waals surface area contributed by atoms with Gasteiger partial charge in [-0.2, -0.15) is 0 Å². The van der Waals surface area contributed by atoms with Gasteiger partial charge in [0.15, 0.2) is 0 Å². The molecule has 1 aliphatic rings. The molecule has 94 valence electrons. The second-order valence-corrected chi connectivity index (χ2v) is 5.37. The van der Waals surface area contributed by atoms with E-state index in [4.69, 9.17) is 17.3 Å². The molecule has 3 heteroatoms. The Balaban J connectivity index is 1.74. The van der Waals surface area contributed by atoms with Crippen molar-refractivity contribution in [2.24, 2.45) is 5.73 Å². The zero-order valence-electron chi connectivity index (χ0n) is 10.2. The van der Waals surface area contributed by atoms with E-state index in [0.29, 0.717) is 0 Å². The summed E-state index contributed by atoms with van der Waals surface area (Å²) in [5, 5.41) is 0.800. The number of hydrogen-bond donors (Lipinski definition) is 1. The smallest absolute Gasteiger partial charge is 0.0408 e. The van der Waals surface area contributed by atoms with Gasteiger partial charge in [0, 0.05) is 11.1 Å². The van der Waals surface area contributed by atoms with E-state index in [1.165, 1.54) is 31.5 Å². The van der Waals surface area contributed by atoms with Crippen LogP contribution in [0.1, 0.15) is 24.8 Å². The maximum absolute atomic E-state index is 6.16. The van der Waals surface area contributed by atoms with Gasteiger partial charge in [-0.1, -0.05) is 23.7 Å². The van der Waals surface area contributed by atoms with E-state index in [0.717, 1.165) is 24.4 Å². The van der Waals surface area contributed by atoms with Crippen LogP contribution in [0.25, 0.3) is 0 Å². The van der Waals surface area contributed by atoms with Crippen molar-refractivity contribution in [3.63, 3.8) is 0 Å². The van der Waals surface area contributed by atoms with Gasteiger partial charge in [0.2, 0.25) is 0 Å². The Labute approximate surface area is 109 Å². The van der Waals surface area contributed by atoms with Crippen LogP contribution in [-0.2, 0) is 6.42 Å². The van der Waals surface area contributed by atoms with Gasteiger partial charge in [-0.25, -0.2) is 0 Å². The minimum atomic E-state index is 0.245. The molecule has 1 aliphatic heterocycles. The summed E-state index contributed by atoms with van der Waals surface area (Å²) in [7, 11) is 0. The Morgan fingerprint density at radius 2 is 2.06 bits per heavy atom. The molecule has 17 heavy (non-hydrogen) atoms. The van der Waals surface area contributed by atoms with Crippen molar-refractivity contribution in [1.82, 2.24) is 4.90 Å². The lowest BCUT2D eigenvalue weighted by Gasteiger charge is -2.18. The molecular formula is C14H21ClN2. The highest BCUT2D eigenvalue weighted by Gasteiger charge is 2.13. The fourth-order valence-corrected chi connectivity index (χ4v) is 2.64. The third-order valence-corrected chi connectivity index (χ3v) is 3.64. The van der Waals surface area contributed by atoms with Crippen LogP contribution in [0, 0.1) is 0 Å². The average Bonchev–Trinajstić information content (AvgIpc) is 2.79. The van der Waals surface area contributed by atoms with Gasteiger partial charge in [-0.15, -0.1) is 0 Å². The summed E-state index contributed by atoms with van der Waals surface area (Å²) in [5.41, 5.74) is 7.41. The maximum Gasteiger partial charge on any atom is 0.0408 e. The molecule has 0 saturated carbocycles. The number of hydrogen-bond acceptors (Lipinski definition) is 2. The third kappa shape index (κ3) is 4.30. The van der Waals surface area contributed by atoms with Crippen LogP contribution in [0.5, 0.6) is 0 Å². The minimum absolute atomic E-state index is 0.245. The Kier molecular flexibility index (Phi) is 4.84. The molecule has 2 rings (SSSR count). The molecule has 0 bridgehead atoms. The van der Waals surface area contributed by atoms with Crippen LogP contribution in [0.4, 0.5) is 0 Å². The third-order valence-electron chi connectivity index (χ3n) is 3.40. The highest BCUT2D eigenvalue weighted by molar-refractivity contribution is 6.30. The summed E-state index contributed by atoms with van der Waals surface area (Å²) >= 11 is 5.96. The van der Waals surface area contributed by atoms with E-state index < -0.39 is 0 Å². The SMILES string of the molecule is NC(CCN1CCCC1)Cc1cccc(Cl)c1. The first-order valence-electron chi connectivity index (χ1n) is 6.46. The fourth-order valence-electron chi connectivity index (χ4n) is 2.42. The topological polar surface area (TPSA) is 29.3 Å². The highest BCUT2D eigenvalue weighted by Crippen LogP contribution is 2.13. The summed E-state index contributed by atoms with van der Waals surface area (Å²) in [6.07, 6.45) is 4.70. The standard InChI is InChI=1S/C14H21ClN2/c15-13-5-3-4-12(10-13)11-14(16)6-9-17-7-1-2-8-17/h3-5,10,14H,1-2,6-9,11,16H2. The zero-order chi connectivity index (χ0) is 12.1. The van der Waals surface area contributed by atoms with Gasteiger partial charge in [-0.3, -0.25) is 0 Å². The van der Waals surface area contributed by atoms with E-state index in [2.05, 4.69) is 11.0 Å². The first-order valence-corrected chi connectivity index (χ1v) is 6.84. The van der Waals surface area contributed by atoms with Gasteiger partial charge in [0.1, 0.15) is 0 Å². The minimum Gasteiger partial charge on any atom is -0.327 e. The summed E-state index contributed by atoms with van der Waals surface area (Å²) in [6.45, 7) is 3.65. The number of benzene rings is 1. The van der Waals surface area contributed by atoms with Crippen molar-refractivity contribution in [2.75, 3.05) is 19.6 Å². The molecule has 1 aromatic rings. The van der Waals surface area contributed by atoms with Crippen LogP contribution >= 0.6 is 11.6 Å². The van der Waals surface area contributed by atoms with E-state index in [9.17, 15) is 0 Å². The first-order chi connectivity index (χ1) is 8.24. The molecule has 1 atom stereocenters. The van der Waals surface area contributed by atoms with Crippen LogP contribution in [-0.4, -0.2) is 30.6 Å². The molecule has 1 unspecified atom stereocenters. The van der Waals surface area contributed by atoms with Crippen LogP contribution in [0.2, 0.25) is 5.02 Å². The predicted molar refractivity (Wildman–Crippen MR) is 73.4 cm³/mol. The molecule has 1 fully saturated rings. The van der Waals surface area contributed by atoms with Gasteiger partial charge in [0.25, 0.3) is 0 Å². The van der Waals surface area contributed by atoms with Gasteiger partial charge >= 0.3 is 0 Å². The number of likely N-dealkylation sites (tertiary alicyclic amines) is 1. The summed E-state index contributed by atoms with van der Waals surface area (Å²) in [4.78, 5) is 2.51. The maximum atomic E-state index is 6.16. The van der Waals surface area contributed by atoms with Crippen molar-refractivity contribution in [3.8, 4) is 0 Å². The van der Waals surface area contributed by atoms with E-state index in [1.807, 2.05) is 18.2 Å². The summed E-state index contributed by atoms with van der Waals surface area (Å²) in [5.74, 6) is 0. The van der Waals surface area contributed by atoms with Gasteiger partial charge < -0.3 is 10.6 Å². The number of halogens is 1. The lowest BCUT2D eigenvalue weighted by molar-refractivity contribution is 0.321. The number of nitrogens with two attached hydrogens (primary N) is 1.